The molecule has 0 aliphatic carbocycles. The standard InChI is InChI=1S/C44H38O3/c1-29(33-21-23-41-37(27-33)35-17-9-11-19-39(35)45-41)25-43(31-13-5-3-6-14-31)47-44(32-15-7-4-8-16-32)26-30(2)34-22-24-42-38(28-34)36-18-10-12-20-40(36)46-42/h3-24,27-30,43-44H,25-26H2,1-2H3. The van der Waals surface area contributed by atoms with Gasteiger partial charge in [0, 0.05) is 21.5 Å². The molecule has 0 N–H and O–H groups in total. The molecule has 0 aliphatic rings. The van der Waals surface area contributed by atoms with Gasteiger partial charge >= 0.3 is 0 Å². The highest BCUT2D eigenvalue weighted by molar-refractivity contribution is 6.05. The van der Waals surface area contributed by atoms with Crippen molar-refractivity contribution >= 4 is 43.9 Å². The Morgan fingerprint density at radius 2 is 0.787 bits per heavy atom. The summed E-state index contributed by atoms with van der Waals surface area (Å²) in [5, 5.41) is 4.65. The lowest BCUT2D eigenvalue weighted by molar-refractivity contribution is -0.0294. The van der Waals surface area contributed by atoms with E-state index in [1.165, 1.54) is 33.0 Å². The van der Waals surface area contributed by atoms with E-state index in [4.69, 9.17) is 13.6 Å². The third-order valence-corrected chi connectivity index (χ3v) is 9.75. The molecule has 0 radical (unpaired) electrons. The molecule has 4 unspecified atom stereocenters. The van der Waals surface area contributed by atoms with Crippen LogP contribution in [0.25, 0.3) is 43.9 Å². The number of benzene rings is 6. The SMILES string of the molecule is CC(CC(OC(CC(C)c1ccc2oc3ccccc3c2c1)c1ccccc1)c1ccccc1)c1ccc2oc3ccccc3c2c1. The number of hydrogen-bond acceptors (Lipinski definition) is 3. The second-order valence-corrected chi connectivity index (χ2v) is 12.9. The molecule has 0 spiro atoms. The topological polar surface area (TPSA) is 35.5 Å². The maximum Gasteiger partial charge on any atom is 0.135 e. The summed E-state index contributed by atoms with van der Waals surface area (Å²) in [7, 11) is 0. The van der Waals surface area contributed by atoms with Crippen molar-refractivity contribution in [2.45, 2.75) is 50.7 Å². The summed E-state index contributed by atoms with van der Waals surface area (Å²) in [6, 6.07) is 51.3. The summed E-state index contributed by atoms with van der Waals surface area (Å²) in [6.07, 6.45) is 1.55. The van der Waals surface area contributed by atoms with Crippen LogP contribution in [-0.2, 0) is 4.74 Å². The Balaban J connectivity index is 1.10. The average molecular weight is 615 g/mol. The van der Waals surface area contributed by atoms with E-state index in [0.717, 1.165) is 45.9 Å². The van der Waals surface area contributed by atoms with E-state index < -0.39 is 0 Å². The van der Waals surface area contributed by atoms with Gasteiger partial charge in [-0.05, 0) is 83.3 Å². The number of hydrogen-bond donors (Lipinski definition) is 0. The predicted octanol–water partition coefficient (Wildman–Crippen LogP) is 12.7. The van der Waals surface area contributed by atoms with Gasteiger partial charge in [-0.15, -0.1) is 0 Å². The number of ether oxygens (including phenoxy) is 1. The van der Waals surface area contributed by atoms with Gasteiger partial charge in [-0.25, -0.2) is 0 Å². The molecule has 2 aromatic heterocycles. The van der Waals surface area contributed by atoms with E-state index in [1.807, 2.05) is 24.3 Å². The first-order chi connectivity index (χ1) is 23.1. The van der Waals surface area contributed by atoms with Crippen LogP contribution in [0.15, 0.2) is 154 Å². The lowest BCUT2D eigenvalue weighted by atomic mass is 9.89. The molecule has 6 aromatic carbocycles. The predicted molar refractivity (Wildman–Crippen MR) is 193 cm³/mol. The fourth-order valence-electron chi connectivity index (χ4n) is 7.09. The zero-order valence-electron chi connectivity index (χ0n) is 26.8. The van der Waals surface area contributed by atoms with Crippen LogP contribution in [0.1, 0.15) is 73.0 Å². The molecule has 47 heavy (non-hydrogen) atoms. The van der Waals surface area contributed by atoms with Gasteiger partial charge < -0.3 is 13.6 Å². The molecule has 3 heteroatoms. The van der Waals surface area contributed by atoms with E-state index in [0.29, 0.717) is 0 Å². The summed E-state index contributed by atoms with van der Waals surface area (Å²) in [4.78, 5) is 0. The first kappa shape index (κ1) is 29.3. The summed E-state index contributed by atoms with van der Waals surface area (Å²) in [5.41, 5.74) is 8.70. The molecule has 4 atom stereocenters. The Morgan fingerprint density at radius 1 is 0.404 bits per heavy atom. The zero-order chi connectivity index (χ0) is 31.7. The minimum atomic E-state index is -0.0827. The van der Waals surface area contributed by atoms with Gasteiger partial charge in [0.05, 0.1) is 12.2 Å². The minimum Gasteiger partial charge on any atom is -0.456 e. The van der Waals surface area contributed by atoms with E-state index in [1.54, 1.807) is 0 Å². The van der Waals surface area contributed by atoms with E-state index in [-0.39, 0.29) is 24.0 Å². The summed E-state index contributed by atoms with van der Waals surface area (Å²) >= 11 is 0. The number of fused-ring (bicyclic) bond motifs is 6. The van der Waals surface area contributed by atoms with Crippen LogP contribution in [0.5, 0.6) is 0 Å². The zero-order valence-corrected chi connectivity index (χ0v) is 26.8. The van der Waals surface area contributed by atoms with Gasteiger partial charge in [0.15, 0.2) is 0 Å². The summed E-state index contributed by atoms with van der Waals surface area (Å²) in [5.74, 6) is 0.535. The Bertz CT molecular complexity index is 2120. The molecule has 0 fully saturated rings. The van der Waals surface area contributed by atoms with Crippen molar-refractivity contribution in [3.05, 3.63) is 168 Å². The fraction of sp³-hybridized carbons (Fsp3) is 0.182. The van der Waals surface area contributed by atoms with E-state index in [2.05, 4.69) is 135 Å². The van der Waals surface area contributed by atoms with E-state index in [9.17, 15) is 0 Å². The molecule has 8 aromatic rings. The highest BCUT2D eigenvalue weighted by Gasteiger charge is 2.25. The Morgan fingerprint density at radius 3 is 1.23 bits per heavy atom. The number of furan rings is 2. The molecule has 0 aliphatic heterocycles. The van der Waals surface area contributed by atoms with Gasteiger partial charge in [0.25, 0.3) is 0 Å². The Labute approximate surface area is 275 Å². The highest BCUT2D eigenvalue weighted by Crippen LogP contribution is 2.41. The molecular formula is C44H38O3. The maximum absolute atomic E-state index is 7.26. The molecular weight excluding hydrogens is 576 g/mol. The number of rotatable bonds is 10. The molecule has 3 nitrogen and oxygen atoms in total. The molecule has 0 saturated carbocycles. The van der Waals surface area contributed by atoms with Crippen LogP contribution >= 0.6 is 0 Å². The van der Waals surface area contributed by atoms with Gasteiger partial charge in [0.1, 0.15) is 22.3 Å². The van der Waals surface area contributed by atoms with Crippen molar-refractivity contribution in [3.63, 3.8) is 0 Å². The van der Waals surface area contributed by atoms with Crippen LogP contribution in [-0.4, -0.2) is 0 Å². The normalized spacial score (nSPS) is 14.5. The maximum atomic E-state index is 7.26. The summed E-state index contributed by atoms with van der Waals surface area (Å²) < 4.78 is 19.5. The van der Waals surface area contributed by atoms with Crippen molar-refractivity contribution in [3.8, 4) is 0 Å². The average Bonchev–Trinajstić information content (AvgIpc) is 3.69. The first-order valence-electron chi connectivity index (χ1n) is 16.7. The second-order valence-electron chi connectivity index (χ2n) is 12.9. The molecule has 0 saturated heterocycles. The smallest absolute Gasteiger partial charge is 0.135 e. The van der Waals surface area contributed by atoms with Crippen molar-refractivity contribution in [1.82, 2.24) is 0 Å². The van der Waals surface area contributed by atoms with Gasteiger partial charge in [0.2, 0.25) is 0 Å². The Kier molecular flexibility index (Phi) is 7.84. The number of para-hydroxylation sites is 2. The fourth-order valence-corrected chi connectivity index (χ4v) is 7.09. The van der Waals surface area contributed by atoms with Crippen molar-refractivity contribution in [1.29, 1.82) is 0 Å². The monoisotopic (exact) mass is 614 g/mol. The van der Waals surface area contributed by atoms with Crippen LogP contribution in [0, 0.1) is 0 Å². The first-order valence-corrected chi connectivity index (χ1v) is 16.7. The highest BCUT2D eigenvalue weighted by atomic mass is 16.5. The quantitative estimate of drug-likeness (QED) is 0.154. The van der Waals surface area contributed by atoms with Crippen LogP contribution in [0.4, 0.5) is 0 Å². The van der Waals surface area contributed by atoms with Crippen molar-refractivity contribution in [2.24, 2.45) is 0 Å². The third-order valence-electron chi connectivity index (χ3n) is 9.75. The van der Waals surface area contributed by atoms with Crippen LogP contribution in [0.2, 0.25) is 0 Å². The Hall–Kier alpha value is -5.12. The van der Waals surface area contributed by atoms with Gasteiger partial charge in [-0.3, -0.25) is 0 Å². The second kappa shape index (κ2) is 12.6. The molecule has 0 bridgehead atoms. The molecule has 2 heterocycles. The van der Waals surface area contributed by atoms with Gasteiger partial charge in [-0.1, -0.05) is 123 Å². The largest absolute Gasteiger partial charge is 0.456 e. The minimum absolute atomic E-state index is 0.0827. The van der Waals surface area contributed by atoms with Crippen LogP contribution in [0.3, 0.4) is 0 Å². The van der Waals surface area contributed by atoms with Crippen LogP contribution < -0.4 is 0 Å². The molecule has 232 valence electrons. The molecule has 0 amide bonds. The molecule has 8 rings (SSSR count). The van der Waals surface area contributed by atoms with Gasteiger partial charge in [-0.2, -0.15) is 0 Å². The summed E-state index contributed by atoms with van der Waals surface area (Å²) in [6.45, 7) is 4.63. The lowest BCUT2D eigenvalue weighted by Crippen LogP contribution is -2.15. The third kappa shape index (κ3) is 5.84. The lowest BCUT2D eigenvalue weighted by Gasteiger charge is -2.30. The van der Waals surface area contributed by atoms with Crippen molar-refractivity contribution < 1.29 is 13.6 Å². The van der Waals surface area contributed by atoms with E-state index >= 15 is 0 Å². The van der Waals surface area contributed by atoms with Crippen molar-refractivity contribution in [2.75, 3.05) is 0 Å².